The van der Waals surface area contributed by atoms with Gasteiger partial charge < -0.3 is 9.94 Å². The SMILES string of the molecule is C=CCCCCCCCCC(=O)NOC(=O)C(CC(=O)O)S(=O)(=O)O. The predicted molar refractivity (Wildman–Crippen MR) is 89.0 cm³/mol. The molecule has 0 aliphatic rings. The number of nitrogens with one attached hydrogen (secondary N) is 1. The summed E-state index contributed by atoms with van der Waals surface area (Å²) < 4.78 is 30.8. The van der Waals surface area contributed by atoms with Crippen LogP contribution in [0.1, 0.15) is 57.8 Å². The molecule has 0 spiro atoms. The summed E-state index contributed by atoms with van der Waals surface area (Å²) in [6.07, 6.45) is 7.36. The van der Waals surface area contributed by atoms with E-state index in [1.807, 2.05) is 6.08 Å². The van der Waals surface area contributed by atoms with E-state index >= 15 is 0 Å². The van der Waals surface area contributed by atoms with E-state index in [9.17, 15) is 22.8 Å². The molecule has 0 rings (SSSR count). The van der Waals surface area contributed by atoms with E-state index in [0.29, 0.717) is 6.42 Å². The smallest absolute Gasteiger partial charge is 0.353 e. The van der Waals surface area contributed by atoms with Crippen molar-refractivity contribution in [2.75, 3.05) is 0 Å². The fourth-order valence-corrected chi connectivity index (χ4v) is 2.62. The summed E-state index contributed by atoms with van der Waals surface area (Å²) in [5.41, 5.74) is 1.76. The number of hydrogen-bond acceptors (Lipinski definition) is 6. The maximum absolute atomic E-state index is 11.5. The quantitative estimate of drug-likeness (QED) is 0.189. The second-order valence-corrected chi connectivity index (χ2v) is 7.10. The molecule has 25 heavy (non-hydrogen) atoms. The fraction of sp³-hybridized carbons (Fsp3) is 0.667. The highest BCUT2D eigenvalue weighted by molar-refractivity contribution is 7.87. The highest BCUT2D eigenvalue weighted by Crippen LogP contribution is 2.09. The van der Waals surface area contributed by atoms with Gasteiger partial charge in [0.05, 0.1) is 6.42 Å². The van der Waals surface area contributed by atoms with Gasteiger partial charge in [-0.05, 0) is 19.3 Å². The Kier molecular flexibility index (Phi) is 11.5. The molecule has 1 amide bonds. The zero-order valence-corrected chi connectivity index (χ0v) is 14.8. The van der Waals surface area contributed by atoms with Crippen LogP contribution < -0.4 is 5.48 Å². The third-order valence-electron chi connectivity index (χ3n) is 3.31. The summed E-state index contributed by atoms with van der Waals surface area (Å²) in [6.45, 7) is 3.64. The van der Waals surface area contributed by atoms with E-state index in [2.05, 4.69) is 11.4 Å². The Labute approximate surface area is 147 Å². The predicted octanol–water partition coefficient (Wildman–Crippen LogP) is 1.60. The minimum Gasteiger partial charge on any atom is -0.481 e. The molecular weight excluding hydrogens is 354 g/mol. The molecule has 9 nitrogen and oxygen atoms in total. The molecule has 0 saturated heterocycles. The number of hydroxylamine groups is 1. The highest BCUT2D eigenvalue weighted by Gasteiger charge is 2.35. The zero-order valence-electron chi connectivity index (χ0n) is 14.0. The van der Waals surface area contributed by atoms with Crippen molar-refractivity contribution in [1.29, 1.82) is 0 Å². The molecule has 0 radical (unpaired) electrons. The molecule has 3 N–H and O–H groups in total. The number of aliphatic carboxylic acids is 1. The zero-order chi connectivity index (χ0) is 19.3. The molecule has 0 aromatic heterocycles. The molecule has 0 saturated carbocycles. The monoisotopic (exact) mass is 379 g/mol. The minimum atomic E-state index is -4.95. The number of rotatable bonds is 13. The van der Waals surface area contributed by atoms with Crippen molar-refractivity contribution >= 4 is 28.0 Å². The first-order valence-electron chi connectivity index (χ1n) is 7.97. The molecule has 1 unspecified atom stereocenters. The van der Waals surface area contributed by atoms with Crippen LogP contribution in [0.15, 0.2) is 12.7 Å². The lowest BCUT2D eigenvalue weighted by Gasteiger charge is -2.11. The summed E-state index contributed by atoms with van der Waals surface area (Å²) in [6, 6.07) is 0. The molecule has 0 aliphatic carbocycles. The Morgan fingerprint density at radius 1 is 1.08 bits per heavy atom. The first-order chi connectivity index (χ1) is 11.7. The molecule has 1 atom stereocenters. The number of amides is 1. The topological polar surface area (TPSA) is 147 Å². The van der Waals surface area contributed by atoms with Crippen molar-refractivity contribution in [1.82, 2.24) is 5.48 Å². The summed E-state index contributed by atoms with van der Waals surface area (Å²) >= 11 is 0. The van der Waals surface area contributed by atoms with Crippen LogP contribution in [0.25, 0.3) is 0 Å². The number of carboxylic acids is 1. The van der Waals surface area contributed by atoms with Gasteiger partial charge in [0.25, 0.3) is 16.0 Å². The number of allylic oxidation sites excluding steroid dienone is 1. The van der Waals surface area contributed by atoms with E-state index in [1.54, 1.807) is 5.48 Å². The van der Waals surface area contributed by atoms with Gasteiger partial charge in [-0.1, -0.05) is 31.8 Å². The number of carboxylic acid groups (broad SMARTS) is 1. The molecule has 0 aromatic carbocycles. The Hall–Kier alpha value is -1.94. The first kappa shape index (κ1) is 23.1. The van der Waals surface area contributed by atoms with Gasteiger partial charge in [-0.15, -0.1) is 6.58 Å². The Morgan fingerprint density at radius 3 is 2.16 bits per heavy atom. The van der Waals surface area contributed by atoms with E-state index in [4.69, 9.17) is 9.66 Å². The molecule has 0 aliphatic heterocycles. The van der Waals surface area contributed by atoms with Crippen LogP contribution >= 0.6 is 0 Å². The standard InChI is InChI=1S/C15H25NO8S/c1-2-3-4-5-6-7-8-9-10-13(17)16-24-15(20)12(11-14(18)19)25(21,22)23/h2,12H,1,3-11H2,(H,16,17)(H,18,19)(H,21,22,23). The minimum absolute atomic E-state index is 0.0788. The van der Waals surface area contributed by atoms with Crippen molar-refractivity contribution in [3.63, 3.8) is 0 Å². The largest absolute Gasteiger partial charge is 0.481 e. The van der Waals surface area contributed by atoms with Gasteiger partial charge in [0.1, 0.15) is 0 Å². The van der Waals surface area contributed by atoms with Gasteiger partial charge >= 0.3 is 11.9 Å². The van der Waals surface area contributed by atoms with Crippen molar-refractivity contribution in [2.24, 2.45) is 0 Å². The summed E-state index contributed by atoms with van der Waals surface area (Å²) in [5, 5.41) is 6.24. The van der Waals surface area contributed by atoms with E-state index in [0.717, 1.165) is 38.5 Å². The van der Waals surface area contributed by atoms with Crippen LogP contribution in [0.4, 0.5) is 0 Å². The van der Waals surface area contributed by atoms with Gasteiger partial charge in [-0.25, -0.2) is 4.79 Å². The number of hydrogen-bond donors (Lipinski definition) is 3. The lowest BCUT2D eigenvalue weighted by Crippen LogP contribution is -2.38. The van der Waals surface area contributed by atoms with E-state index in [-0.39, 0.29) is 6.42 Å². The molecule has 0 fully saturated rings. The van der Waals surface area contributed by atoms with Crippen molar-refractivity contribution in [3.05, 3.63) is 12.7 Å². The number of unbranched alkanes of at least 4 members (excludes halogenated alkanes) is 6. The van der Waals surface area contributed by atoms with Crippen molar-refractivity contribution in [3.8, 4) is 0 Å². The van der Waals surface area contributed by atoms with Crippen LogP contribution in [-0.4, -0.2) is 41.2 Å². The average molecular weight is 379 g/mol. The Balaban J connectivity index is 4.01. The van der Waals surface area contributed by atoms with Gasteiger partial charge in [0.15, 0.2) is 5.25 Å². The molecular formula is C15H25NO8S. The number of carbonyl (C=O) groups is 3. The maximum Gasteiger partial charge on any atom is 0.353 e. The molecule has 0 heterocycles. The van der Waals surface area contributed by atoms with Crippen molar-refractivity contribution < 1.29 is 37.3 Å². The second-order valence-electron chi connectivity index (χ2n) is 5.50. The normalized spacial score (nSPS) is 12.2. The summed E-state index contributed by atoms with van der Waals surface area (Å²) in [4.78, 5) is 37.7. The van der Waals surface area contributed by atoms with Gasteiger partial charge in [0, 0.05) is 6.42 Å². The Bertz CT molecular complexity index is 558. The molecule has 144 valence electrons. The third kappa shape index (κ3) is 12.1. The van der Waals surface area contributed by atoms with Crippen LogP contribution in [0.3, 0.4) is 0 Å². The van der Waals surface area contributed by atoms with Crippen LogP contribution in [0.2, 0.25) is 0 Å². The van der Waals surface area contributed by atoms with Crippen LogP contribution in [-0.2, 0) is 29.3 Å². The van der Waals surface area contributed by atoms with Gasteiger partial charge in [0.2, 0.25) is 0 Å². The van der Waals surface area contributed by atoms with Crippen molar-refractivity contribution in [2.45, 2.75) is 63.0 Å². The first-order valence-corrected chi connectivity index (χ1v) is 9.47. The molecule has 0 bridgehead atoms. The van der Waals surface area contributed by atoms with Gasteiger partial charge in [-0.2, -0.15) is 13.9 Å². The van der Waals surface area contributed by atoms with Crippen LogP contribution in [0, 0.1) is 0 Å². The lowest BCUT2D eigenvalue weighted by atomic mass is 10.1. The molecule has 0 aromatic rings. The van der Waals surface area contributed by atoms with Gasteiger partial charge in [-0.3, -0.25) is 14.1 Å². The van der Waals surface area contributed by atoms with E-state index < -0.39 is 39.6 Å². The van der Waals surface area contributed by atoms with E-state index in [1.165, 1.54) is 0 Å². The molecule has 10 heteroatoms. The number of carbonyl (C=O) groups excluding carboxylic acids is 2. The summed E-state index contributed by atoms with van der Waals surface area (Å²) in [5.74, 6) is -3.80. The average Bonchev–Trinajstić information content (AvgIpc) is 2.51. The maximum atomic E-state index is 11.5. The highest BCUT2D eigenvalue weighted by atomic mass is 32.2. The second kappa shape index (κ2) is 12.4. The lowest BCUT2D eigenvalue weighted by molar-refractivity contribution is -0.159. The fourth-order valence-electron chi connectivity index (χ4n) is 1.97. The Morgan fingerprint density at radius 2 is 1.64 bits per heavy atom. The third-order valence-corrected chi connectivity index (χ3v) is 4.39. The summed E-state index contributed by atoms with van der Waals surface area (Å²) in [7, 11) is -4.95. The van der Waals surface area contributed by atoms with Crippen LogP contribution in [0.5, 0.6) is 0 Å².